The summed E-state index contributed by atoms with van der Waals surface area (Å²) in [4.78, 5) is 23.7. The Balaban J connectivity index is 1.36. The number of hydrogen-bond acceptors (Lipinski definition) is 8. The Morgan fingerprint density at radius 2 is 1.79 bits per heavy atom. The number of aromatic nitrogens is 3. The monoisotopic (exact) mass is 692 g/mol. The Hall–Kier alpha value is -3.28. The van der Waals surface area contributed by atoms with E-state index in [-0.39, 0.29) is 12.4 Å². The van der Waals surface area contributed by atoms with Crippen LogP contribution in [-0.4, -0.2) is 77.4 Å². The van der Waals surface area contributed by atoms with Crippen molar-refractivity contribution in [1.82, 2.24) is 19.4 Å². The summed E-state index contributed by atoms with van der Waals surface area (Å²) in [7, 11) is -1.27. The van der Waals surface area contributed by atoms with Crippen molar-refractivity contribution in [3.63, 3.8) is 0 Å². The van der Waals surface area contributed by atoms with Gasteiger partial charge in [0.2, 0.25) is 5.88 Å². The lowest BCUT2D eigenvalue weighted by atomic mass is 10.0. The summed E-state index contributed by atoms with van der Waals surface area (Å²) in [6.45, 7) is 14.7. The molecule has 0 radical (unpaired) electrons. The zero-order valence-corrected chi connectivity index (χ0v) is 30.6. The molecule has 1 saturated carbocycles. The number of likely N-dealkylation sites (N-methyl/N-ethyl adjacent to an activating group) is 1. The molecule has 11 heteroatoms. The van der Waals surface area contributed by atoms with E-state index in [0.29, 0.717) is 66.7 Å². The minimum Gasteiger partial charge on any atom is -0.491 e. The average molecular weight is 693 g/mol. The van der Waals surface area contributed by atoms with Crippen LogP contribution in [-0.2, 0) is 22.7 Å². The first-order valence-corrected chi connectivity index (χ1v) is 21.1. The molecule has 2 aromatic heterocycles. The lowest BCUT2D eigenvalue weighted by Gasteiger charge is -2.22. The maximum atomic E-state index is 12.4. The number of carbonyl (C=O) groups excluding carboxylic acids is 1. The molecule has 0 aliphatic heterocycles. The van der Waals surface area contributed by atoms with Crippen LogP contribution < -0.4 is 9.47 Å². The summed E-state index contributed by atoms with van der Waals surface area (Å²) in [6.07, 6.45) is 4.18. The predicted molar refractivity (Wildman–Crippen MR) is 194 cm³/mol. The fourth-order valence-electron chi connectivity index (χ4n) is 5.55. The zero-order chi connectivity index (χ0) is 34.3. The molecule has 0 amide bonds. The van der Waals surface area contributed by atoms with Crippen LogP contribution in [0.1, 0.15) is 38.7 Å². The molecule has 2 heterocycles. The number of ketones is 1. The number of aliphatic hydroxyl groups excluding tert-OH is 1. The van der Waals surface area contributed by atoms with Gasteiger partial charge in [-0.15, -0.1) is 0 Å². The topological polar surface area (TPSA) is 98.9 Å². The molecule has 1 atom stereocenters. The fraction of sp³-hybridized carbons (Fsp3) is 0.486. The maximum absolute atomic E-state index is 12.4. The van der Waals surface area contributed by atoms with Gasteiger partial charge < -0.3 is 28.8 Å². The molecule has 1 N–H and O–H groups in total. The van der Waals surface area contributed by atoms with Gasteiger partial charge in [0.1, 0.15) is 48.7 Å². The maximum Gasteiger partial charge on any atom is 0.231 e. The Morgan fingerprint density at radius 3 is 2.46 bits per heavy atom. The van der Waals surface area contributed by atoms with E-state index in [1.54, 1.807) is 6.07 Å². The van der Waals surface area contributed by atoms with E-state index in [2.05, 4.69) is 48.4 Å². The van der Waals surface area contributed by atoms with E-state index in [9.17, 15) is 9.90 Å². The van der Waals surface area contributed by atoms with Gasteiger partial charge in [0, 0.05) is 39.1 Å². The largest absolute Gasteiger partial charge is 0.491 e. The van der Waals surface area contributed by atoms with Crippen LogP contribution in [0.2, 0.25) is 30.7 Å². The molecule has 1 aliphatic carbocycles. The molecule has 5 rings (SSSR count). The second kappa shape index (κ2) is 16.4. The van der Waals surface area contributed by atoms with Crippen LogP contribution >= 0.6 is 11.6 Å². The van der Waals surface area contributed by atoms with E-state index in [0.717, 1.165) is 54.2 Å². The lowest BCUT2D eigenvalue weighted by molar-refractivity contribution is -0.118. The van der Waals surface area contributed by atoms with Crippen LogP contribution in [0, 0.1) is 5.92 Å². The highest BCUT2D eigenvalue weighted by molar-refractivity contribution is 6.76. The van der Waals surface area contributed by atoms with E-state index in [1.165, 1.54) is 6.33 Å². The second-order valence-electron chi connectivity index (χ2n) is 13.9. The van der Waals surface area contributed by atoms with Gasteiger partial charge in [-0.3, -0.25) is 4.79 Å². The Bertz CT molecular complexity index is 1670. The summed E-state index contributed by atoms with van der Waals surface area (Å²) < 4.78 is 20.4. The standard InChI is InChI=1S/C37H49ClN4O5Si/c1-6-41(7-2)22-30(44)23-46-31-13-10-27(11-14-31)35-21-33-36(42(35)25-45-16-17-48(3,4)5)39-24-40-37(33)47-32-15-12-28(34(38)20-32)19-29(43)18-26-8-9-26/h10-15,20-21,24,26,30,44H,6-9,16-19,22-23,25H2,1-5H3/t30-/m0/s1. The van der Waals surface area contributed by atoms with Crippen molar-refractivity contribution in [2.75, 3.05) is 32.8 Å². The van der Waals surface area contributed by atoms with Gasteiger partial charge in [0.15, 0.2) is 0 Å². The zero-order valence-electron chi connectivity index (χ0n) is 28.9. The van der Waals surface area contributed by atoms with Crippen molar-refractivity contribution in [3.05, 3.63) is 65.4 Å². The highest BCUT2D eigenvalue weighted by Crippen LogP contribution is 2.36. The van der Waals surface area contributed by atoms with Crippen LogP contribution in [0.15, 0.2) is 54.9 Å². The molecule has 4 aromatic rings. The molecule has 48 heavy (non-hydrogen) atoms. The second-order valence-corrected chi connectivity index (χ2v) is 19.9. The third-order valence-electron chi connectivity index (χ3n) is 8.67. The first-order chi connectivity index (χ1) is 23.0. The third-order valence-corrected chi connectivity index (χ3v) is 10.7. The smallest absolute Gasteiger partial charge is 0.231 e. The van der Waals surface area contributed by atoms with Crippen molar-refractivity contribution in [3.8, 4) is 28.6 Å². The molecular formula is C37H49ClN4O5Si. The van der Waals surface area contributed by atoms with Crippen molar-refractivity contribution in [1.29, 1.82) is 0 Å². The fourth-order valence-corrected chi connectivity index (χ4v) is 6.54. The van der Waals surface area contributed by atoms with Gasteiger partial charge in [-0.25, -0.2) is 9.97 Å². The first-order valence-electron chi connectivity index (χ1n) is 17.1. The number of rotatable bonds is 19. The van der Waals surface area contributed by atoms with Gasteiger partial charge in [0.05, 0.1) is 11.1 Å². The van der Waals surface area contributed by atoms with E-state index in [1.807, 2.05) is 47.0 Å². The molecule has 0 spiro atoms. The number of halogens is 1. The van der Waals surface area contributed by atoms with Crippen molar-refractivity contribution in [2.24, 2.45) is 5.92 Å². The number of aliphatic hydroxyl groups is 1. The molecule has 1 aliphatic rings. The lowest BCUT2D eigenvalue weighted by Crippen LogP contribution is -2.35. The van der Waals surface area contributed by atoms with Crippen molar-refractivity contribution < 1.29 is 24.1 Å². The number of fused-ring (bicyclic) bond motifs is 1. The SMILES string of the molecule is CCN(CC)C[C@H](O)COc1ccc(-c2cc3c(Oc4ccc(CC(=O)CC5CC5)c(Cl)c4)ncnc3n2COCC[Si](C)(C)C)cc1. The quantitative estimate of drug-likeness (QED) is 0.0784. The van der Waals surface area contributed by atoms with Crippen molar-refractivity contribution in [2.45, 2.75) is 78.1 Å². The summed E-state index contributed by atoms with van der Waals surface area (Å²) in [5, 5.41) is 11.7. The summed E-state index contributed by atoms with van der Waals surface area (Å²) >= 11 is 6.60. The third kappa shape index (κ3) is 10.1. The van der Waals surface area contributed by atoms with Crippen molar-refractivity contribution >= 4 is 36.5 Å². The molecule has 0 saturated heterocycles. The average Bonchev–Trinajstić information content (AvgIpc) is 3.79. The molecular weight excluding hydrogens is 644 g/mol. The number of nitrogens with zero attached hydrogens (tertiary/aromatic N) is 4. The summed E-state index contributed by atoms with van der Waals surface area (Å²) in [5.74, 6) is 2.39. The number of hydrogen-bond donors (Lipinski definition) is 1. The Kier molecular flexibility index (Phi) is 12.3. The van der Waals surface area contributed by atoms with Gasteiger partial charge >= 0.3 is 0 Å². The number of ether oxygens (including phenoxy) is 3. The predicted octanol–water partition coefficient (Wildman–Crippen LogP) is 7.85. The minimum absolute atomic E-state index is 0.221. The van der Waals surface area contributed by atoms with Gasteiger partial charge in [-0.05, 0) is 91.5 Å². The van der Waals surface area contributed by atoms with E-state index >= 15 is 0 Å². The van der Waals surface area contributed by atoms with Gasteiger partial charge in [-0.2, -0.15) is 0 Å². The minimum atomic E-state index is -1.27. The van der Waals surface area contributed by atoms with Crippen LogP contribution in [0.25, 0.3) is 22.3 Å². The highest BCUT2D eigenvalue weighted by Gasteiger charge is 2.25. The molecule has 2 aromatic carbocycles. The van der Waals surface area contributed by atoms with Crippen LogP contribution in [0.3, 0.4) is 0 Å². The molecule has 258 valence electrons. The van der Waals surface area contributed by atoms with Crippen LogP contribution in [0.4, 0.5) is 0 Å². The Labute approximate surface area is 290 Å². The summed E-state index contributed by atoms with van der Waals surface area (Å²) in [6, 6.07) is 16.3. The Morgan fingerprint density at radius 1 is 1.06 bits per heavy atom. The summed E-state index contributed by atoms with van der Waals surface area (Å²) in [5.41, 5.74) is 3.35. The molecule has 1 fully saturated rings. The number of carbonyl (C=O) groups is 1. The van der Waals surface area contributed by atoms with E-state index < -0.39 is 14.2 Å². The highest BCUT2D eigenvalue weighted by atomic mass is 35.5. The number of benzene rings is 2. The first kappa shape index (κ1) is 36.0. The van der Waals surface area contributed by atoms with Gasteiger partial charge in [-0.1, -0.05) is 51.2 Å². The van der Waals surface area contributed by atoms with Crippen LogP contribution in [0.5, 0.6) is 17.4 Å². The van der Waals surface area contributed by atoms with E-state index in [4.69, 9.17) is 25.8 Å². The normalized spacial score (nSPS) is 14.1. The number of Topliss-reactive ketones (excluding diaryl/α,β-unsaturated/α-hetero) is 1. The molecule has 0 bridgehead atoms. The molecule has 9 nitrogen and oxygen atoms in total. The molecule has 0 unspecified atom stereocenters. The van der Waals surface area contributed by atoms with Gasteiger partial charge in [0.25, 0.3) is 0 Å².